The second kappa shape index (κ2) is 10.2. The second-order valence-corrected chi connectivity index (χ2v) is 8.89. The van der Waals surface area contributed by atoms with Crippen molar-refractivity contribution in [2.24, 2.45) is 0 Å². The number of morpholine rings is 1. The zero-order chi connectivity index (χ0) is 25.9. The van der Waals surface area contributed by atoms with Crippen LogP contribution in [0.15, 0.2) is 83.4 Å². The minimum atomic E-state index is 0.359. The van der Waals surface area contributed by atoms with Crippen LogP contribution in [0.5, 0.6) is 0 Å². The van der Waals surface area contributed by atoms with E-state index in [1.807, 2.05) is 90.5 Å². The van der Waals surface area contributed by atoms with Crippen molar-refractivity contribution in [1.82, 2.24) is 24.5 Å². The molecule has 188 valence electrons. The first-order valence-corrected chi connectivity index (χ1v) is 12.4. The summed E-state index contributed by atoms with van der Waals surface area (Å²) in [5, 5.41) is 24.2. The standard InChI is InChI=1S/C29H25N7O2/c1-21-12-13-26(38-21)27-23(20-35(33-27)24-8-4-2-5-9-24)18-22(19-30)28-31-32-29(34-14-16-37-17-15-34)36(28)25-10-6-3-7-11-25/h2-13,18,20H,14-17H2,1H3/b22-18-. The Kier molecular flexibility index (Phi) is 6.30. The summed E-state index contributed by atoms with van der Waals surface area (Å²) in [5.74, 6) is 2.54. The molecule has 0 atom stereocenters. The molecule has 0 radical (unpaired) electrons. The number of para-hydroxylation sites is 2. The third-order valence-electron chi connectivity index (χ3n) is 6.35. The Morgan fingerprint density at radius 1 is 0.921 bits per heavy atom. The Bertz CT molecular complexity index is 1620. The number of rotatable bonds is 6. The first kappa shape index (κ1) is 23.5. The number of hydrogen-bond donors (Lipinski definition) is 0. The van der Waals surface area contributed by atoms with Gasteiger partial charge in [0.15, 0.2) is 11.6 Å². The van der Waals surface area contributed by atoms with E-state index < -0.39 is 0 Å². The van der Waals surface area contributed by atoms with E-state index in [-0.39, 0.29) is 0 Å². The molecule has 0 aliphatic carbocycles. The zero-order valence-corrected chi connectivity index (χ0v) is 20.9. The highest BCUT2D eigenvalue weighted by molar-refractivity contribution is 5.90. The Morgan fingerprint density at radius 3 is 2.29 bits per heavy atom. The van der Waals surface area contributed by atoms with Gasteiger partial charge in [0.2, 0.25) is 5.95 Å². The van der Waals surface area contributed by atoms with E-state index in [4.69, 9.17) is 14.3 Å². The van der Waals surface area contributed by atoms with Gasteiger partial charge in [0, 0.05) is 24.8 Å². The third-order valence-corrected chi connectivity index (χ3v) is 6.35. The minimum absolute atomic E-state index is 0.359. The number of allylic oxidation sites excluding steroid dienone is 1. The van der Waals surface area contributed by atoms with Crippen molar-refractivity contribution in [2.75, 3.05) is 31.2 Å². The summed E-state index contributed by atoms with van der Waals surface area (Å²) in [5.41, 5.74) is 3.50. The highest BCUT2D eigenvalue weighted by Crippen LogP contribution is 2.31. The second-order valence-electron chi connectivity index (χ2n) is 8.89. The van der Waals surface area contributed by atoms with E-state index >= 15 is 0 Å². The maximum atomic E-state index is 10.3. The van der Waals surface area contributed by atoms with E-state index in [1.165, 1.54) is 0 Å². The van der Waals surface area contributed by atoms with Crippen LogP contribution in [0.1, 0.15) is 17.1 Å². The molecule has 5 aromatic rings. The quantitative estimate of drug-likeness (QED) is 0.303. The number of nitriles is 1. The average Bonchev–Trinajstić information content (AvgIpc) is 3.71. The van der Waals surface area contributed by atoms with Crippen molar-refractivity contribution in [2.45, 2.75) is 6.92 Å². The van der Waals surface area contributed by atoms with Crippen LogP contribution < -0.4 is 4.90 Å². The van der Waals surface area contributed by atoms with Crippen LogP contribution in [0.4, 0.5) is 5.95 Å². The average molecular weight is 504 g/mol. The van der Waals surface area contributed by atoms with Gasteiger partial charge in [-0.1, -0.05) is 36.4 Å². The molecule has 1 fully saturated rings. The van der Waals surface area contributed by atoms with Crippen LogP contribution in [0.2, 0.25) is 0 Å². The molecule has 9 nitrogen and oxygen atoms in total. The Balaban J connectivity index is 1.50. The van der Waals surface area contributed by atoms with Gasteiger partial charge in [0.05, 0.1) is 30.2 Å². The molecular formula is C29H25N7O2. The van der Waals surface area contributed by atoms with Gasteiger partial charge in [-0.2, -0.15) is 10.4 Å². The predicted octanol–water partition coefficient (Wildman–Crippen LogP) is 4.92. The van der Waals surface area contributed by atoms with E-state index in [0.717, 1.165) is 22.7 Å². The van der Waals surface area contributed by atoms with Gasteiger partial charge in [-0.15, -0.1) is 10.2 Å². The van der Waals surface area contributed by atoms with E-state index in [1.54, 1.807) is 10.8 Å². The van der Waals surface area contributed by atoms with Crippen molar-refractivity contribution < 1.29 is 9.15 Å². The monoisotopic (exact) mass is 503 g/mol. The van der Waals surface area contributed by atoms with E-state index in [2.05, 4.69) is 21.2 Å². The van der Waals surface area contributed by atoms with Gasteiger partial charge in [-0.25, -0.2) is 4.68 Å². The van der Waals surface area contributed by atoms with Crippen LogP contribution in [0.3, 0.4) is 0 Å². The van der Waals surface area contributed by atoms with Crippen molar-refractivity contribution in [3.05, 3.63) is 96.1 Å². The summed E-state index contributed by atoms with van der Waals surface area (Å²) in [6, 6.07) is 25.8. The normalized spacial score (nSPS) is 14.0. The predicted molar refractivity (Wildman–Crippen MR) is 144 cm³/mol. The summed E-state index contributed by atoms with van der Waals surface area (Å²) in [7, 11) is 0. The number of nitrogens with zero attached hydrogens (tertiary/aromatic N) is 7. The fraction of sp³-hybridized carbons (Fsp3) is 0.172. The van der Waals surface area contributed by atoms with E-state index in [0.29, 0.717) is 55.1 Å². The molecule has 0 spiro atoms. The number of aromatic nitrogens is 5. The molecular weight excluding hydrogens is 478 g/mol. The summed E-state index contributed by atoms with van der Waals surface area (Å²) in [4.78, 5) is 2.13. The number of anilines is 1. The van der Waals surface area contributed by atoms with Crippen LogP contribution in [0.25, 0.3) is 34.5 Å². The molecule has 1 aliphatic heterocycles. The first-order chi connectivity index (χ1) is 18.7. The van der Waals surface area contributed by atoms with Gasteiger partial charge >= 0.3 is 0 Å². The number of benzene rings is 2. The lowest BCUT2D eigenvalue weighted by atomic mass is 10.1. The maximum Gasteiger partial charge on any atom is 0.232 e. The van der Waals surface area contributed by atoms with Gasteiger partial charge in [0.1, 0.15) is 17.5 Å². The molecule has 0 unspecified atom stereocenters. The molecule has 2 aromatic carbocycles. The fourth-order valence-corrected chi connectivity index (χ4v) is 4.49. The molecule has 1 aliphatic rings. The van der Waals surface area contributed by atoms with E-state index in [9.17, 15) is 5.26 Å². The largest absolute Gasteiger partial charge is 0.460 e. The van der Waals surface area contributed by atoms with Crippen molar-refractivity contribution in [1.29, 1.82) is 5.26 Å². The highest BCUT2D eigenvalue weighted by Gasteiger charge is 2.24. The van der Waals surface area contributed by atoms with Crippen molar-refractivity contribution >= 4 is 17.6 Å². The van der Waals surface area contributed by atoms with Gasteiger partial charge in [-0.05, 0) is 49.4 Å². The summed E-state index contributed by atoms with van der Waals surface area (Å²) in [6.45, 7) is 4.51. The maximum absolute atomic E-state index is 10.3. The van der Waals surface area contributed by atoms with Crippen LogP contribution in [-0.4, -0.2) is 50.8 Å². The van der Waals surface area contributed by atoms with Crippen LogP contribution >= 0.6 is 0 Å². The topological polar surface area (TPSA) is 97.9 Å². The lowest BCUT2D eigenvalue weighted by Gasteiger charge is -2.28. The molecule has 0 saturated carbocycles. The lowest BCUT2D eigenvalue weighted by Crippen LogP contribution is -2.38. The van der Waals surface area contributed by atoms with Crippen molar-refractivity contribution in [3.8, 4) is 28.9 Å². The van der Waals surface area contributed by atoms with Crippen LogP contribution in [-0.2, 0) is 4.74 Å². The molecule has 0 bridgehead atoms. The number of aryl methyl sites for hydroxylation is 1. The first-order valence-electron chi connectivity index (χ1n) is 12.4. The van der Waals surface area contributed by atoms with Gasteiger partial charge in [-0.3, -0.25) is 4.57 Å². The number of ether oxygens (including phenoxy) is 1. The van der Waals surface area contributed by atoms with Gasteiger partial charge in [0.25, 0.3) is 0 Å². The molecule has 0 N–H and O–H groups in total. The Morgan fingerprint density at radius 2 is 1.63 bits per heavy atom. The summed E-state index contributed by atoms with van der Waals surface area (Å²) < 4.78 is 15.2. The Labute approximate surface area is 219 Å². The summed E-state index contributed by atoms with van der Waals surface area (Å²) >= 11 is 0. The molecule has 38 heavy (non-hydrogen) atoms. The fourth-order valence-electron chi connectivity index (χ4n) is 4.49. The Hall–Kier alpha value is -4.94. The number of furan rings is 1. The third kappa shape index (κ3) is 4.49. The summed E-state index contributed by atoms with van der Waals surface area (Å²) in [6.07, 6.45) is 3.69. The molecule has 4 heterocycles. The minimum Gasteiger partial charge on any atom is -0.460 e. The molecule has 1 saturated heterocycles. The van der Waals surface area contributed by atoms with Gasteiger partial charge < -0.3 is 14.1 Å². The molecule has 9 heteroatoms. The molecule has 0 amide bonds. The lowest BCUT2D eigenvalue weighted by molar-refractivity contribution is 0.122. The smallest absolute Gasteiger partial charge is 0.232 e. The SMILES string of the molecule is Cc1ccc(-c2nn(-c3ccccc3)cc2/C=C(/C#N)c2nnc(N3CCOCC3)n2-c2ccccc2)o1. The highest BCUT2D eigenvalue weighted by atomic mass is 16.5. The molecule has 3 aromatic heterocycles. The molecule has 6 rings (SSSR count). The number of hydrogen-bond acceptors (Lipinski definition) is 7. The van der Waals surface area contributed by atoms with Crippen LogP contribution in [0, 0.1) is 18.3 Å². The van der Waals surface area contributed by atoms with Crippen molar-refractivity contribution in [3.63, 3.8) is 0 Å². The zero-order valence-electron chi connectivity index (χ0n) is 20.9.